The Labute approximate surface area is 103 Å². The van der Waals surface area contributed by atoms with Gasteiger partial charge >= 0.3 is 0 Å². The van der Waals surface area contributed by atoms with Crippen LogP contribution in [0.4, 0.5) is 4.39 Å². The van der Waals surface area contributed by atoms with E-state index in [0.717, 1.165) is 0 Å². The Bertz CT molecular complexity index is 527. The first kappa shape index (κ1) is 14.1. The van der Waals surface area contributed by atoms with Crippen molar-refractivity contribution in [2.75, 3.05) is 0 Å². The number of halogens is 1. The third-order valence-corrected chi connectivity index (χ3v) is 7.03. The predicted molar refractivity (Wildman–Crippen MR) is 70.8 cm³/mol. The molecule has 0 bridgehead atoms. The fourth-order valence-corrected chi connectivity index (χ4v) is 4.24. The zero-order chi connectivity index (χ0) is 13.3. The van der Waals surface area contributed by atoms with E-state index in [-0.39, 0.29) is 4.90 Å². The predicted octanol–water partition coefficient (Wildman–Crippen LogP) is 3.54. The van der Waals surface area contributed by atoms with Gasteiger partial charge in [-0.3, -0.25) is 0 Å². The summed E-state index contributed by atoms with van der Waals surface area (Å²) >= 11 is 0. The number of sulfone groups is 1. The zero-order valence-electron chi connectivity index (χ0n) is 10.5. The van der Waals surface area contributed by atoms with Crippen molar-refractivity contribution in [2.45, 2.75) is 31.5 Å². The highest BCUT2D eigenvalue weighted by Crippen LogP contribution is 2.27. The van der Waals surface area contributed by atoms with E-state index < -0.39 is 23.1 Å². The van der Waals surface area contributed by atoms with Crippen molar-refractivity contribution in [1.82, 2.24) is 0 Å². The van der Waals surface area contributed by atoms with Crippen molar-refractivity contribution in [1.29, 1.82) is 0 Å². The smallest absolute Gasteiger partial charge is 0.216 e. The highest BCUT2D eigenvalue weighted by atomic mass is 32.2. The molecule has 0 N–H and O–H groups in total. The quantitative estimate of drug-likeness (QED) is 0.789. The lowest BCUT2D eigenvalue weighted by atomic mass is 10.4. The van der Waals surface area contributed by atoms with Gasteiger partial charge in [0.25, 0.3) is 0 Å². The summed E-state index contributed by atoms with van der Waals surface area (Å²) in [6, 6.07) is 7.69. The molecule has 0 fully saturated rings. The minimum atomic E-state index is -3.97. The molecule has 0 aliphatic rings. The maximum absolute atomic E-state index is 14.1. The van der Waals surface area contributed by atoms with E-state index in [9.17, 15) is 12.8 Å². The molecule has 1 aromatic rings. The monoisotopic (exact) mass is 272 g/mol. The first-order chi connectivity index (χ1) is 7.67. The SMILES string of the molecule is C/C(=C(/F)S(=O)(=O)c1ccccc1)[Si](C)(C)C. The van der Waals surface area contributed by atoms with E-state index in [2.05, 4.69) is 0 Å². The second kappa shape index (κ2) is 4.74. The Morgan fingerprint density at radius 2 is 1.59 bits per heavy atom. The van der Waals surface area contributed by atoms with Crippen molar-refractivity contribution >= 4 is 17.9 Å². The van der Waals surface area contributed by atoms with E-state index in [1.54, 1.807) is 25.1 Å². The number of hydrogen-bond acceptors (Lipinski definition) is 2. The molecule has 17 heavy (non-hydrogen) atoms. The van der Waals surface area contributed by atoms with Gasteiger partial charge in [-0.15, -0.1) is 0 Å². The third kappa shape index (κ3) is 3.04. The second-order valence-corrected chi connectivity index (χ2v) is 12.1. The van der Waals surface area contributed by atoms with E-state index in [1.165, 1.54) is 12.1 Å². The topological polar surface area (TPSA) is 34.1 Å². The Morgan fingerprint density at radius 1 is 1.12 bits per heavy atom. The Morgan fingerprint density at radius 3 is 2.00 bits per heavy atom. The molecular formula is C12H17FO2SSi. The summed E-state index contributed by atoms with van der Waals surface area (Å²) in [6.07, 6.45) is 0. The molecule has 1 aromatic carbocycles. The Balaban J connectivity index is 3.36. The molecule has 2 nitrogen and oxygen atoms in total. The molecular weight excluding hydrogens is 255 g/mol. The summed E-state index contributed by atoms with van der Waals surface area (Å²) in [6.45, 7) is 7.33. The number of rotatable bonds is 3. The average Bonchev–Trinajstić information content (AvgIpc) is 2.27. The first-order valence-electron chi connectivity index (χ1n) is 5.34. The number of allylic oxidation sites excluding steroid dienone is 1. The second-order valence-electron chi connectivity index (χ2n) is 4.97. The number of benzene rings is 1. The maximum atomic E-state index is 14.1. The average molecular weight is 272 g/mol. The van der Waals surface area contributed by atoms with Crippen molar-refractivity contribution in [3.63, 3.8) is 0 Å². The molecule has 0 spiro atoms. The molecule has 0 aliphatic carbocycles. The van der Waals surface area contributed by atoms with Crippen LogP contribution >= 0.6 is 0 Å². The molecule has 5 heteroatoms. The van der Waals surface area contributed by atoms with Gasteiger partial charge in [0.05, 0.1) is 13.0 Å². The molecule has 0 aromatic heterocycles. The molecule has 0 saturated heterocycles. The third-order valence-electron chi connectivity index (χ3n) is 2.71. The summed E-state index contributed by atoms with van der Waals surface area (Å²) in [4.78, 5) is 0.00935. The van der Waals surface area contributed by atoms with E-state index in [1.807, 2.05) is 19.6 Å². The van der Waals surface area contributed by atoms with E-state index in [4.69, 9.17) is 0 Å². The van der Waals surface area contributed by atoms with E-state index in [0.29, 0.717) is 5.20 Å². The van der Waals surface area contributed by atoms with Gasteiger partial charge in [0.15, 0.2) is 0 Å². The molecule has 0 aliphatic heterocycles. The van der Waals surface area contributed by atoms with Gasteiger partial charge in [-0.05, 0) is 24.3 Å². The lowest BCUT2D eigenvalue weighted by molar-refractivity contribution is 0.576. The zero-order valence-corrected chi connectivity index (χ0v) is 12.3. The Kier molecular flexibility index (Phi) is 3.94. The van der Waals surface area contributed by atoms with Crippen molar-refractivity contribution < 1.29 is 12.8 Å². The first-order valence-corrected chi connectivity index (χ1v) is 10.3. The van der Waals surface area contributed by atoms with Crippen LogP contribution in [0.5, 0.6) is 0 Å². The van der Waals surface area contributed by atoms with Gasteiger partial charge in [0.2, 0.25) is 15.0 Å². The summed E-state index contributed by atoms with van der Waals surface area (Å²) in [5.41, 5.74) is 0. The fourth-order valence-electron chi connectivity index (χ4n) is 1.20. The van der Waals surface area contributed by atoms with Gasteiger partial charge in [-0.2, -0.15) is 4.39 Å². The van der Waals surface area contributed by atoms with Gasteiger partial charge < -0.3 is 0 Å². The van der Waals surface area contributed by atoms with Crippen LogP contribution in [0, 0.1) is 0 Å². The molecule has 0 saturated carbocycles. The highest BCUT2D eigenvalue weighted by Gasteiger charge is 2.28. The maximum Gasteiger partial charge on any atom is 0.232 e. The molecule has 1 rings (SSSR count). The van der Waals surface area contributed by atoms with Crippen LogP contribution < -0.4 is 0 Å². The minimum absolute atomic E-state index is 0.00935. The summed E-state index contributed by atoms with van der Waals surface area (Å²) in [5.74, 6) is 0. The van der Waals surface area contributed by atoms with Crippen LogP contribution in [-0.4, -0.2) is 16.5 Å². The van der Waals surface area contributed by atoms with Gasteiger partial charge in [-0.25, -0.2) is 8.42 Å². The molecule has 0 radical (unpaired) electrons. The van der Waals surface area contributed by atoms with Crippen LogP contribution in [0.25, 0.3) is 0 Å². The van der Waals surface area contributed by atoms with E-state index >= 15 is 0 Å². The largest absolute Gasteiger partial charge is 0.232 e. The van der Waals surface area contributed by atoms with Crippen molar-refractivity contribution in [2.24, 2.45) is 0 Å². The summed E-state index contributed by atoms with van der Waals surface area (Å²) in [7, 11) is -5.91. The number of hydrogen-bond donors (Lipinski definition) is 0. The standard InChI is InChI=1S/C12H17FO2SSi/c1-10(17(2,3)4)12(13)16(14,15)11-8-6-5-7-9-11/h5-9H,1-4H3/b12-10+. The minimum Gasteiger partial charge on any atom is -0.216 e. The van der Waals surface area contributed by atoms with Crippen LogP contribution in [-0.2, 0) is 9.84 Å². The lowest BCUT2D eigenvalue weighted by Gasteiger charge is -2.18. The van der Waals surface area contributed by atoms with Gasteiger partial charge in [-0.1, -0.05) is 37.8 Å². The van der Waals surface area contributed by atoms with Crippen LogP contribution in [0.3, 0.4) is 0 Å². The fraction of sp³-hybridized carbons (Fsp3) is 0.333. The lowest BCUT2D eigenvalue weighted by Crippen LogP contribution is -2.24. The normalized spacial score (nSPS) is 14.4. The van der Waals surface area contributed by atoms with Gasteiger partial charge in [0.1, 0.15) is 0 Å². The van der Waals surface area contributed by atoms with Crippen molar-refractivity contribution in [3.8, 4) is 0 Å². The van der Waals surface area contributed by atoms with Crippen molar-refractivity contribution in [3.05, 3.63) is 40.7 Å². The Hall–Kier alpha value is -0.943. The van der Waals surface area contributed by atoms with Crippen LogP contribution in [0.15, 0.2) is 45.6 Å². The molecule has 0 amide bonds. The molecule has 0 unspecified atom stereocenters. The summed E-state index contributed by atoms with van der Waals surface area (Å²) in [5, 5.41) is -0.607. The van der Waals surface area contributed by atoms with Crippen LogP contribution in [0.1, 0.15) is 6.92 Å². The molecule has 0 atom stereocenters. The molecule has 94 valence electrons. The molecule has 0 heterocycles. The van der Waals surface area contributed by atoms with Crippen LogP contribution in [0.2, 0.25) is 19.6 Å². The highest BCUT2D eigenvalue weighted by molar-refractivity contribution is 7.95. The van der Waals surface area contributed by atoms with Gasteiger partial charge in [0, 0.05) is 0 Å². The summed E-state index contributed by atoms with van der Waals surface area (Å²) < 4.78 is 38.1.